The van der Waals surface area contributed by atoms with Crippen LogP contribution in [-0.4, -0.2) is 21.0 Å². The number of anilines is 4. The zero-order valence-corrected chi connectivity index (χ0v) is 15.0. The highest BCUT2D eigenvalue weighted by molar-refractivity contribution is 6.31. The summed E-state index contributed by atoms with van der Waals surface area (Å²) in [5.74, 6) is 0.614. The lowest BCUT2D eigenvalue weighted by Crippen LogP contribution is -2.05. The third kappa shape index (κ3) is 3.92. The first-order valence-corrected chi connectivity index (χ1v) is 8.29. The number of aromatic nitrogens is 2. The Labute approximate surface area is 155 Å². The molecule has 0 radical (unpaired) electrons. The van der Waals surface area contributed by atoms with E-state index in [1.54, 1.807) is 31.2 Å². The molecule has 3 aromatic rings. The van der Waals surface area contributed by atoms with Crippen molar-refractivity contribution in [3.63, 3.8) is 0 Å². The molecule has 132 valence electrons. The van der Waals surface area contributed by atoms with Crippen molar-refractivity contribution in [3.8, 4) is 0 Å². The highest BCUT2D eigenvalue weighted by Gasteiger charge is 2.11. The number of aromatic carboxylic acids is 1. The fourth-order valence-electron chi connectivity index (χ4n) is 2.49. The Kier molecular flexibility index (Phi) is 5.04. The molecule has 0 saturated carbocycles. The van der Waals surface area contributed by atoms with E-state index in [9.17, 15) is 9.90 Å². The average molecular weight is 369 g/mol. The van der Waals surface area contributed by atoms with Crippen LogP contribution in [0.4, 0.5) is 23.0 Å². The van der Waals surface area contributed by atoms with Crippen LogP contribution in [0.25, 0.3) is 0 Å². The summed E-state index contributed by atoms with van der Waals surface area (Å²) in [5, 5.41) is 16.2. The molecule has 0 aliphatic rings. The maximum Gasteiger partial charge on any atom is 0.337 e. The maximum atomic E-state index is 11.4. The quantitative estimate of drug-likeness (QED) is 0.591. The van der Waals surface area contributed by atoms with Crippen molar-refractivity contribution in [1.82, 2.24) is 9.97 Å². The monoisotopic (exact) mass is 368 g/mol. The summed E-state index contributed by atoms with van der Waals surface area (Å²) >= 11 is 6.16. The van der Waals surface area contributed by atoms with Crippen LogP contribution in [0.5, 0.6) is 0 Å². The molecule has 3 N–H and O–H groups in total. The van der Waals surface area contributed by atoms with Crippen LogP contribution in [0.15, 0.2) is 48.5 Å². The molecule has 26 heavy (non-hydrogen) atoms. The molecule has 0 saturated heterocycles. The molecule has 0 aliphatic heterocycles. The van der Waals surface area contributed by atoms with Crippen molar-refractivity contribution in [2.45, 2.75) is 13.8 Å². The minimum Gasteiger partial charge on any atom is -0.478 e. The molecular weight excluding hydrogens is 352 g/mol. The van der Waals surface area contributed by atoms with Crippen LogP contribution in [0.3, 0.4) is 0 Å². The lowest BCUT2D eigenvalue weighted by molar-refractivity contribution is 0.0698. The number of hydrogen-bond donors (Lipinski definition) is 3. The van der Waals surface area contributed by atoms with Gasteiger partial charge >= 0.3 is 5.97 Å². The van der Waals surface area contributed by atoms with Gasteiger partial charge in [0.05, 0.1) is 11.3 Å². The number of carboxylic acid groups (broad SMARTS) is 1. The summed E-state index contributed by atoms with van der Waals surface area (Å²) in [6.45, 7) is 3.69. The molecule has 0 unspecified atom stereocenters. The molecule has 0 amide bonds. The smallest absolute Gasteiger partial charge is 0.337 e. The van der Waals surface area contributed by atoms with Crippen molar-refractivity contribution in [3.05, 3.63) is 70.5 Å². The molecule has 1 heterocycles. The highest BCUT2D eigenvalue weighted by Crippen LogP contribution is 2.27. The highest BCUT2D eigenvalue weighted by atomic mass is 35.5. The molecule has 0 bridgehead atoms. The Hall–Kier alpha value is -3.12. The van der Waals surface area contributed by atoms with Crippen molar-refractivity contribution in [2.24, 2.45) is 0 Å². The molecule has 2 aromatic carbocycles. The van der Waals surface area contributed by atoms with Crippen LogP contribution in [0, 0.1) is 13.8 Å². The van der Waals surface area contributed by atoms with E-state index in [0.717, 1.165) is 11.3 Å². The molecule has 3 rings (SSSR count). The number of rotatable bonds is 5. The van der Waals surface area contributed by atoms with E-state index in [1.807, 2.05) is 25.1 Å². The number of para-hydroxylation sites is 1. The first-order valence-electron chi connectivity index (χ1n) is 7.91. The normalized spacial score (nSPS) is 10.4. The molecular formula is C19H17ClN4O2. The Morgan fingerprint density at radius 3 is 2.27 bits per heavy atom. The first-order chi connectivity index (χ1) is 12.4. The van der Waals surface area contributed by atoms with Crippen LogP contribution in [0.1, 0.15) is 21.7 Å². The molecule has 0 atom stereocenters. The third-order valence-electron chi connectivity index (χ3n) is 3.79. The summed E-state index contributed by atoms with van der Waals surface area (Å²) in [6, 6.07) is 14.0. The lowest BCUT2D eigenvalue weighted by Gasteiger charge is -2.13. The Morgan fingerprint density at radius 1 is 0.962 bits per heavy atom. The Balaban J connectivity index is 1.91. The summed E-state index contributed by atoms with van der Waals surface area (Å²) in [5.41, 5.74) is 2.38. The Morgan fingerprint density at radius 2 is 1.58 bits per heavy atom. The topological polar surface area (TPSA) is 87.1 Å². The largest absolute Gasteiger partial charge is 0.478 e. The van der Waals surface area contributed by atoms with Crippen molar-refractivity contribution < 1.29 is 9.90 Å². The van der Waals surface area contributed by atoms with Gasteiger partial charge in [-0.05, 0) is 43.7 Å². The van der Waals surface area contributed by atoms with Crippen molar-refractivity contribution >= 4 is 40.6 Å². The Bertz CT molecular complexity index is 976. The van der Waals surface area contributed by atoms with E-state index in [0.29, 0.717) is 28.2 Å². The van der Waals surface area contributed by atoms with E-state index in [1.165, 1.54) is 6.07 Å². The van der Waals surface area contributed by atoms with Gasteiger partial charge in [0.1, 0.15) is 17.5 Å². The summed E-state index contributed by atoms with van der Waals surface area (Å²) < 4.78 is 0. The van der Waals surface area contributed by atoms with Crippen LogP contribution in [0.2, 0.25) is 5.02 Å². The molecule has 0 spiro atoms. The average Bonchev–Trinajstić information content (AvgIpc) is 2.59. The van der Waals surface area contributed by atoms with Crippen LogP contribution in [-0.2, 0) is 0 Å². The van der Waals surface area contributed by atoms with Gasteiger partial charge in [0.15, 0.2) is 0 Å². The SMILES string of the molecule is Cc1nc(Nc2ccccc2C(=O)O)cc(Nc2cccc(Cl)c2C)n1. The fraction of sp³-hybridized carbons (Fsp3) is 0.105. The van der Waals surface area contributed by atoms with E-state index >= 15 is 0 Å². The second-order valence-electron chi connectivity index (χ2n) is 5.70. The van der Waals surface area contributed by atoms with Gasteiger partial charge in [-0.2, -0.15) is 0 Å². The second kappa shape index (κ2) is 7.41. The van der Waals surface area contributed by atoms with E-state index in [2.05, 4.69) is 20.6 Å². The zero-order chi connectivity index (χ0) is 18.7. The fourth-order valence-corrected chi connectivity index (χ4v) is 2.67. The number of hydrogen-bond acceptors (Lipinski definition) is 5. The number of aryl methyl sites for hydroxylation is 1. The van der Waals surface area contributed by atoms with E-state index in [-0.39, 0.29) is 5.56 Å². The molecule has 0 aliphatic carbocycles. The lowest BCUT2D eigenvalue weighted by atomic mass is 10.2. The number of carbonyl (C=O) groups is 1. The molecule has 1 aromatic heterocycles. The van der Waals surface area contributed by atoms with Crippen LogP contribution >= 0.6 is 11.6 Å². The van der Waals surface area contributed by atoms with Crippen molar-refractivity contribution in [1.29, 1.82) is 0 Å². The molecule has 6 nitrogen and oxygen atoms in total. The first kappa shape index (κ1) is 17.7. The standard InChI is InChI=1S/C19H17ClN4O2/c1-11-14(20)7-5-9-15(11)23-17-10-18(22-12(2)21-17)24-16-8-4-3-6-13(16)19(25)26/h3-10H,1-2H3,(H,25,26)(H2,21,22,23,24). The van der Waals surface area contributed by atoms with Gasteiger partial charge in [-0.3, -0.25) is 0 Å². The molecule has 0 fully saturated rings. The summed E-state index contributed by atoms with van der Waals surface area (Å²) in [7, 11) is 0. The second-order valence-corrected chi connectivity index (χ2v) is 6.11. The minimum atomic E-state index is -1.01. The van der Waals surface area contributed by atoms with Gasteiger partial charge in [-0.1, -0.05) is 29.8 Å². The van der Waals surface area contributed by atoms with Gasteiger partial charge in [0.25, 0.3) is 0 Å². The van der Waals surface area contributed by atoms with Gasteiger partial charge in [-0.25, -0.2) is 14.8 Å². The number of carboxylic acids is 1. The number of benzene rings is 2. The predicted molar refractivity (Wildman–Crippen MR) is 103 cm³/mol. The predicted octanol–water partition coefficient (Wildman–Crippen LogP) is 4.93. The number of nitrogens with zero attached hydrogens (tertiary/aromatic N) is 2. The minimum absolute atomic E-state index is 0.170. The van der Waals surface area contributed by atoms with Crippen LogP contribution < -0.4 is 10.6 Å². The van der Waals surface area contributed by atoms with Gasteiger partial charge in [0.2, 0.25) is 0 Å². The maximum absolute atomic E-state index is 11.4. The van der Waals surface area contributed by atoms with Gasteiger partial charge in [0, 0.05) is 16.8 Å². The van der Waals surface area contributed by atoms with Crippen molar-refractivity contribution in [2.75, 3.05) is 10.6 Å². The van der Waals surface area contributed by atoms with Gasteiger partial charge < -0.3 is 15.7 Å². The number of nitrogens with one attached hydrogen (secondary N) is 2. The summed E-state index contributed by atoms with van der Waals surface area (Å²) in [6.07, 6.45) is 0. The van der Waals surface area contributed by atoms with Gasteiger partial charge in [-0.15, -0.1) is 0 Å². The molecule has 7 heteroatoms. The van der Waals surface area contributed by atoms with E-state index in [4.69, 9.17) is 11.6 Å². The van der Waals surface area contributed by atoms with E-state index < -0.39 is 5.97 Å². The zero-order valence-electron chi connectivity index (χ0n) is 14.2. The summed E-state index contributed by atoms with van der Waals surface area (Å²) in [4.78, 5) is 20.1. The number of halogens is 1. The third-order valence-corrected chi connectivity index (χ3v) is 4.20.